The Balaban J connectivity index is 1.31. The van der Waals surface area contributed by atoms with Crippen LogP contribution in [0.4, 0.5) is 0 Å². The number of fused-ring (bicyclic) bond motifs is 3. The van der Waals surface area contributed by atoms with Gasteiger partial charge in [-0.25, -0.2) is 4.98 Å². The fourth-order valence-corrected chi connectivity index (χ4v) is 6.47. The molecular weight excluding hydrogens is 492 g/mol. The van der Waals surface area contributed by atoms with Gasteiger partial charge in [-0.3, -0.25) is 14.2 Å². The van der Waals surface area contributed by atoms with Crippen LogP contribution in [0.5, 0.6) is 0 Å². The van der Waals surface area contributed by atoms with Crippen LogP contribution in [-0.4, -0.2) is 60.6 Å². The van der Waals surface area contributed by atoms with Crippen LogP contribution < -0.4 is 15.8 Å². The predicted octanol–water partition coefficient (Wildman–Crippen LogP) is 2.37. The number of amides is 1. The highest BCUT2D eigenvalue weighted by atomic mass is 32.2. The third-order valence-corrected chi connectivity index (χ3v) is 8.59. The van der Waals surface area contributed by atoms with Crippen molar-refractivity contribution in [3.05, 3.63) is 70.5 Å². The standard InChI is InChI=1S/C27H30N4O3S2/c32-23(28-12-11-20-7-2-1-3-8-20)19-35-27-29-24-21-9-4-5-10-22(21)36-25(24)26(33)31(27)14-6-13-30-15-17-34-18-16-30/h1-5,7-10H,6,11-19H2,(H,28,32)/p+1. The van der Waals surface area contributed by atoms with E-state index in [1.54, 1.807) is 4.57 Å². The van der Waals surface area contributed by atoms with Gasteiger partial charge in [-0.1, -0.05) is 60.3 Å². The van der Waals surface area contributed by atoms with Gasteiger partial charge in [-0.15, -0.1) is 11.3 Å². The summed E-state index contributed by atoms with van der Waals surface area (Å²) in [6.45, 7) is 5.78. The van der Waals surface area contributed by atoms with Crippen molar-refractivity contribution >= 4 is 49.3 Å². The van der Waals surface area contributed by atoms with Crippen LogP contribution in [0, 0.1) is 0 Å². The van der Waals surface area contributed by atoms with Gasteiger partial charge in [0.25, 0.3) is 5.56 Å². The normalized spacial score (nSPS) is 14.4. The fourth-order valence-electron chi connectivity index (χ4n) is 4.53. The molecule has 3 heterocycles. The van der Waals surface area contributed by atoms with E-state index >= 15 is 0 Å². The first-order chi connectivity index (χ1) is 17.7. The van der Waals surface area contributed by atoms with Gasteiger partial charge in [0.2, 0.25) is 5.91 Å². The first kappa shape index (κ1) is 25.0. The minimum atomic E-state index is -0.0511. The molecule has 1 aliphatic rings. The minimum absolute atomic E-state index is 0.00911. The second kappa shape index (κ2) is 12.0. The lowest BCUT2D eigenvalue weighted by Gasteiger charge is -2.23. The topological polar surface area (TPSA) is 77.7 Å². The highest BCUT2D eigenvalue weighted by Crippen LogP contribution is 2.31. The third-order valence-electron chi connectivity index (χ3n) is 6.47. The molecule has 2 aromatic carbocycles. The smallest absolute Gasteiger partial charge is 0.272 e. The van der Waals surface area contributed by atoms with E-state index in [1.165, 1.54) is 33.6 Å². The molecule has 0 bridgehead atoms. The number of aromatic nitrogens is 2. The lowest BCUT2D eigenvalue weighted by molar-refractivity contribution is -0.908. The molecule has 4 aromatic rings. The number of morpholine rings is 1. The van der Waals surface area contributed by atoms with Crippen molar-refractivity contribution in [3.63, 3.8) is 0 Å². The number of carbonyl (C=O) groups is 1. The number of ether oxygens (including phenoxy) is 1. The summed E-state index contributed by atoms with van der Waals surface area (Å²) in [5, 5.41) is 4.61. The summed E-state index contributed by atoms with van der Waals surface area (Å²) in [7, 11) is 0. The summed E-state index contributed by atoms with van der Waals surface area (Å²) in [4.78, 5) is 32.6. The second-order valence-electron chi connectivity index (χ2n) is 8.97. The lowest BCUT2D eigenvalue weighted by Crippen LogP contribution is -3.14. The minimum Gasteiger partial charge on any atom is -0.370 e. The molecule has 0 atom stereocenters. The van der Waals surface area contributed by atoms with E-state index < -0.39 is 0 Å². The Labute approximate surface area is 218 Å². The Bertz CT molecular complexity index is 1380. The maximum absolute atomic E-state index is 13.6. The lowest BCUT2D eigenvalue weighted by atomic mass is 10.1. The summed E-state index contributed by atoms with van der Waals surface area (Å²) in [5.74, 6) is 0.175. The number of carbonyl (C=O) groups excluding carboxylic acids is 1. The van der Waals surface area contributed by atoms with E-state index in [2.05, 4.69) is 17.4 Å². The van der Waals surface area contributed by atoms with Gasteiger partial charge in [0.15, 0.2) is 5.16 Å². The van der Waals surface area contributed by atoms with Crippen molar-refractivity contribution in [2.75, 3.05) is 45.1 Å². The number of thioether (sulfide) groups is 1. The van der Waals surface area contributed by atoms with Crippen molar-refractivity contribution in [2.24, 2.45) is 0 Å². The van der Waals surface area contributed by atoms with Crippen molar-refractivity contribution in [1.82, 2.24) is 14.9 Å². The largest absolute Gasteiger partial charge is 0.370 e. The van der Waals surface area contributed by atoms with Crippen molar-refractivity contribution in [2.45, 2.75) is 24.5 Å². The average Bonchev–Trinajstić information content (AvgIpc) is 3.29. The van der Waals surface area contributed by atoms with E-state index in [4.69, 9.17) is 9.72 Å². The van der Waals surface area contributed by atoms with Crippen LogP contribution in [-0.2, 0) is 22.5 Å². The molecule has 0 saturated carbocycles. The van der Waals surface area contributed by atoms with Gasteiger partial charge in [0.05, 0.1) is 31.0 Å². The Morgan fingerprint density at radius 1 is 1.11 bits per heavy atom. The van der Waals surface area contributed by atoms with Crippen molar-refractivity contribution in [1.29, 1.82) is 0 Å². The van der Waals surface area contributed by atoms with Crippen LogP contribution in [0.15, 0.2) is 64.5 Å². The number of quaternary nitrogens is 1. The quantitative estimate of drug-likeness (QED) is 0.247. The van der Waals surface area contributed by atoms with Gasteiger partial charge < -0.3 is 15.0 Å². The number of hydrogen-bond donors (Lipinski definition) is 2. The molecule has 2 N–H and O–H groups in total. The van der Waals surface area contributed by atoms with Gasteiger partial charge in [-0.2, -0.15) is 0 Å². The zero-order valence-electron chi connectivity index (χ0n) is 20.2. The van der Waals surface area contributed by atoms with E-state index in [1.807, 2.05) is 42.5 Å². The van der Waals surface area contributed by atoms with Crippen LogP contribution in [0.2, 0.25) is 0 Å². The number of nitrogens with one attached hydrogen (secondary N) is 2. The molecule has 0 radical (unpaired) electrons. The molecule has 188 valence electrons. The van der Waals surface area contributed by atoms with Gasteiger partial charge in [0.1, 0.15) is 17.8 Å². The second-order valence-corrected chi connectivity index (χ2v) is 11.0. The maximum atomic E-state index is 13.6. The first-order valence-electron chi connectivity index (χ1n) is 12.5. The number of nitrogens with zero attached hydrogens (tertiary/aromatic N) is 2. The summed E-state index contributed by atoms with van der Waals surface area (Å²) in [6.07, 6.45) is 1.67. The SMILES string of the molecule is O=C(CSc1nc2c(sc3ccccc32)c(=O)n1CCC[NH+]1CCOCC1)NCCc1ccccc1. The maximum Gasteiger partial charge on any atom is 0.272 e. The Morgan fingerprint density at radius 3 is 2.72 bits per heavy atom. The Hall–Kier alpha value is -2.72. The van der Waals surface area contributed by atoms with E-state index in [-0.39, 0.29) is 17.2 Å². The summed E-state index contributed by atoms with van der Waals surface area (Å²) in [5.41, 5.74) is 1.92. The Morgan fingerprint density at radius 2 is 1.89 bits per heavy atom. The van der Waals surface area contributed by atoms with Crippen LogP contribution in [0.1, 0.15) is 12.0 Å². The summed E-state index contributed by atoms with van der Waals surface area (Å²) in [6, 6.07) is 18.1. The van der Waals surface area contributed by atoms with Crippen LogP contribution in [0.25, 0.3) is 20.3 Å². The number of rotatable bonds is 10. The molecule has 9 heteroatoms. The highest BCUT2D eigenvalue weighted by molar-refractivity contribution is 7.99. The number of benzene rings is 2. The molecule has 5 rings (SSSR count). The Kier molecular flexibility index (Phi) is 8.32. The zero-order valence-corrected chi connectivity index (χ0v) is 21.8. The average molecular weight is 524 g/mol. The number of thiophene rings is 1. The molecule has 0 spiro atoms. The molecule has 7 nitrogen and oxygen atoms in total. The summed E-state index contributed by atoms with van der Waals surface area (Å²) < 4.78 is 8.98. The molecule has 0 aliphatic carbocycles. The van der Waals surface area contributed by atoms with Crippen LogP contribution in [0.3, 0.4) is 0 Å². The van der Waals surface area contributed by atoms with E-state index in [0.29, 0.717) is 22.9 Å². The van der Waals surface area contributed by atoms with E-state index in [0.717, 1.165) is 61.3 Å². The zero-order chi connectivity index (χ0) is 24.7. The van der Waals surface area contributed by atoms with Crippen molar-refractivity contribution in [3.8, 4) is 0 Å². The molecule has 1 amide bonds. The molecule has 0 unspecified atom stereocenters. The van der Waals surface area contributed by atoms with Crippen molar-refractivity contribution < 1.29 is 14.4 Å². The summed E-state index contributed by atoms with van der Waals surface area (Å²) >= 11 is 2.85. The molecule has 2 aromatic heterocycles. The van der Waals surface area contributed by atoms with Gasteiger partial charge >= 0.3 is 0 Å². The predicted molar refractivity (Wildman–Crippen MR) is 146 cm³/mol. The molecule has 36 heavy (non-hydrogen) atoms. The molecule has 1 fully saturated rings. The number of hydrogen-bond acceptors (Lipinski definition) is 6. The monoisotopic (exact) mass is 523 g/mol. The molecule has 1 aliphatic heterocycles. The third kappa shape index (κ3) is 5.98. The van der Waals surface area contributed by atoms with Gasteiger partial charge in [0, 0.05) is 29.6 Å². The first-order valence-corrected chi connectivity index (χ1v) is 14.3. The molecular formula is C27H31N4O3S2+. The highest BCUT2D eigenvalue weighted by Gasteiger charge is 2.19. The van der Waals surface area contributed by atoms with Gasteiger partial charge in [-0.05, 0) is 18.1 Å². The fraction of sp³-hybridized carbons (Fsp3) is 0.370. The molecule has 1 saturated heterocycles. The van der Waals surface area contributed by atoms with Crippen LogP contribution >= 0.6 is 23.1 Å². The van der Waals surface area contributed by atoms with E-state index in [9.17, 15) is 9.59 Å².